The second kappa shape index (κ2) is 6.21. The minimum atomic E-state index is 0.0954. The van der Waals surface area contributed by atoms with E-state index < -0.39 is 0 Å². The molecule has 1 unspecified atom stereocenters. The first kappa shape index (κ1) is 14.1. The Balaban J connectivity index is 1.82. The van der Waals surface area contributed by atoms with Gasteiger partial charge in [0.25, 0.3) is 0 Å². The van der Waals surface area contributed by atoms with Crippen LogP contribution in [0.1, 0.15) is 18.6 Å². The molecule has 1 aliphatic rings. The highest BCUT2D eigenvalue weighted by Gasteiger charge is 2.33. The Hall–Kier alpha value is -1.33. The van der Waals surface area contributed by atoms with Crippen molar-refractivity contribution in [3.05, 3.63) is 24.2 Å². The summed E-state index contributed by atoms with van der Waals surface area (Å²) in [4.78, 5) is 15.9. The number of carbonyl (C=O) groups is 1. The molecule has 0 bridgehead atoms. The molecule has 0 saturated heterocycles. The summed E-state index contributed by atoms with van der Waals surface area (Å²) in [7, 11) is 3.78. The van der Waals surface area contributed by atoms with Crippen LogP contribution >= 0.6 is 0 Å². The SMILES string of the molecule is CN(Cc1ccco1)C(=O)CN(C)C(CN)C1CC1. The van der Waals surface area contributed by atoms with E-state index >= 15 is 0 Å². The molecule has 0 radical (unpaired) electrons. The number of nitrogens with two attached hydrogens (primary N) is 1. The summed E-state index contributed by atoms with van der Waals surface area (Å²) >= 11 is 0. The van der Waals surface area contributed by atoms with Crippen LogP contribution in [0.25, 0.3) is 0 Å². The van der Waals surface area contributed by atoms with Crippen molar-refractivity contribution >= 4 is 5.91 Å². The number of carbonyl (C=O) groups excluding carboxylic acids is 1. The molecular formula is C14H23N3O2. The average molecular weight is 265 g/mol. The zero-order valence-corrected chi connectivity index (χ0v) is 11.7. The van der Waals surface area contributed by atoms with E-state index in [9.17, 15) is 4.79 Å². The minimum Gasteiger partial charge on any atom is -0.467 e. The molecule has 5 heteroatoms. The fraction of sp³-hybridized carbons (Fsp3) is 0.643. The molecular weight excluding hydrogens is 242 g/mol. The highest BCUT2D eigenvalue weighted by molar-refractivity contribution is 5.77. The molecule has 1 aliphatic carbocycles. The van der Waals surface area contributed by atoms with Crippen molar-refractivity contribution in [2.75, 3.05) is 27.2 Å². The van der Waals surface area contributed by atoms with Gasteiger partial charge in [-0.1, -0.05) is 0 Å². The zero-order chi connectivity index (χ0) is 13.8. The Morgan fingerprint density at radius 3 is 2.79 bits per heavy atom. The molecule has 106 valence electrons. The first-order chi connectivity index (χ1) is 9.11. The van der Waals surface area contributed by atoms with Crippen LogP contribution in [0.4, 0.5) is 0 Å². The van der Waals surface area contributed by atoms with E-state index in [1.54, 1.807) is 18.2 Å². The van der Waals surface area contributed by atoms with Gasteiger partial charge in [-0.05, 0) is 37.9 Å². The average Bonchev–Trinajstić information content (AvgIpc) is 3.07. The maximum Gasteiger partial charge on any atom is 0.236 e. The third-order valence-electron chi connectivity index (χ3n) is 3.76. The Labute approximate surface area is 114 Å². The monoisotopic (exact) mass is 265 g/mol. The van der Waals surface area contributed by atoms with Crippen molar-refractivity contribution in [2.45, 2.75) is 25.4 Å². The molecule has 19 heavy (non-hydrogen) atoms. The lowest BCUT2D eigenvalue weighted by Crippen LogP contribution is -2.45. The summed E-state index contributed by atoms with van der Waals surface area (Å²) in [6.45, 7) is 1.54. The van der Waals surface area contributed by atoms with Crippen LogP contribution in [-0.2, 0) is 11.3 Å². The van der Waals surface area contributed by atoms with Crippen molar-refractivity contribution in [1.82, 2.24) is 9.80 Å². The van der Waals surface area contributed by atoms with Crippen molar-refractivity contribution in [2.24, 2.45) is 11.7 Å². The van der Waals surface area contributed by atoms with E-state index in [0.717, 1.165) is 5.76 Å². The zero-order valence-electron chi connectivity index (χ0n) is 11.7. The summed E-state index contributed by atoms with van der Waals surface area (Å²) in [5, 5.41) is 0. The lowest BCUT2D eigenvalue weighted by atomic mass is 10.1. The van der Waals surface area contributed by atoms with Crippen LogP contribution in [0.5, 0.6) is 0 Å². The van der Waals surface area contributed by atoms with Crippen LogP contribution < -0.4 is 5.73 Å². The molecule has 1 amide bonds. The molecule has 1 heterocycles. The highest BCUT2D eigenvalue weighted by atomic mass is 16.3. The first-order valence-electron chi connectivity index (χ1n) is 6.78. The largest absolute Gasteiger partial charge is 0.467 e. The van der Waals surface area contributed by atoms with Gasteiger partial charge >= 0.3 is 0 Å². The van der Waals surface area contributed by atoms with Crippen LogP contribution in [0.2, 0.25) is 0 Å². The quantitative estimate of drug-likeness (QED) is 0.796. The van der Waals surface area contributed by atoms with Gasteiger partial charge in [0.05, 0.1) is 19.4 Å². The molecule has 1 saturated carbocycles. The maximum absolute atomic E-state index is 12.1. The highest BCUT2D eigenvalue weighted by Crippen LogP contribution is 2.34. The summed E-state index contributed by atoms with van der Waals surface area (Å²) in [6.07, 6.45) is 4.10. The van der Waals surface area contributed by atoms with Gasteiger partial charge in [-0.25, -0.2) is 0 Å². The van der Waals surface area contributed by atoms with Crippen LogP contribution in [0, 0.1) is 5.92 Å². The van der Waals surface area contributed by atoms with Gasteiger partial charge in [0.15, 0.2) is 0 Å². The van der Waals surface area contributed by atoms with Crippen molar-refractivity contribution in [1.29, 1.82) is 0 Å². The number of furan rings is 1. The molecule has 1 fully saturated rings. The summed E-state index contributed by atoms with van der Waals surface area (Å²) in [5.41, 5.74) is 5.79. The molecule has 5 nitrogen and oxygen atoms in total. The van der Waals surface area contributed by atoms with E-state index in [2.05, 4.69) is 4.90 Å². The van der Waals surface area contributed by atoms with Gasteiger partial charge in [0.1, 0.15) is 5.76 Å². The van der Waals surface area contributed by atoms with E-state index in [1.807, 2.05) is 19.2 Å². The second-order valence-electron chi connectivity index (χ2n) is 5.38. The molecule has 0 spiro atoms. The van der Waals surface area contributed by atoms with Gasteiger partial charge < -0.3 is 15.1 Å². The van der Waals surface area contributed by atoms with Gasteiger partial charge in [-0.15, -0.1) is 0 Å². The Bertz CT molecular complexity index is 401. The standard InChI is InChI=1S/C14H23N3O2/c1-16(13(8-15)11-5-6-11)10-14(18)17(2)9-12-4-3-7-19-12/h3-4,7,11,13H,5-6,8-10,15H2,1-2H3. The number of likely N-dealkylation sites (N-methyl/N-ethyl adjacent to an activating group) is 2. The normalized spacial score (nSPS) is 16.6. The number of hydrogen-bond donors (Lipinski definition) is 1. The lowest BCUT2D eigenvalue weighted by molar-refractivity contribution is -0.132. The summed E-state index contributed by atoms with van der Waals surface area (Å²) in [6, 6.07) is 4.04. The fourth-order valence-electron chi connectivity index (χ4n) is 2.39. The van der Waals surface area contributed by atoms with Crippen LogP contribution in [-0.4, -0.2) is 48.9 Å². The number of nitrogens with zero attached hydrogens (tertiary/aromatic N) is 2. The van der Waals surface area contributed by atoms with Gasteiger partial charge in [-0.2, -0.15) is 0 Å². The predicted octanol–water partition coefficient (Wildman–Crippen LogP) is 0.907. The van der Waals surface area contributed by atoms with Crippen LogP contribution in [0.3, 0.4) is 0 Å². The van der Waals surface area contributed by atoms with E-state index in [-0.39, 0.29) is 5.91 Å². The van der Waals surface area contributed by atoms with Crippen molar-refractivity contribution < 1.29 is 9.21 Å². The third-order valence-corrected chi connectivity index (χ3v) is 3.76. The molecule has 2 N–H and O–H groups in total. The molecule has 0 aromatic carbocycles. The Morgan fingerprint density at radius 1 is 1.53 bits per heavy atom. The molecule has 2 rings (SSSR count). The maximum atomic E-state index is 12.1. The Kier molecular flexibility index (Phi) is 4.61. The van der Waals surface area contributed by atoms with E-state index in [1.165, 1.54) is 12.8 Å². The van der Waals surface area contributed by atoms with Crippen LogP contribution in [0.15, 0.2) is 22.8 Å². The van der Waals surface area contributed by atoms with E-state index in [0.29, 0.717) is 31.6 Å². The molecule has 1 aromatic heterocycles. The van der Waals surface area contributed by atoms with Crippen molar-refractivity contribution in [3.63, 3.8) is 0 Å². The summed E-state index contributed by atoms with van der Waals surface area (Å²) < 4.78 is 5.25. The number of amides is 1. The van der Waals surface area contributed by atoms with Gasteiger partial charge in [0.2, 0.25) is 5.91 Å². The lowest BCUT2D eigenvalue weighted by Gasteiger charge is -2.28. The molecule has 1 atom stereocenters. The Morgan fingerprint density at radius 2 is 2.26 bits per heavy atom. The summed E-state index contributed by atoms with van der Waals surface area (Å²) in [5.74, 6) is 1.58. The molecule has 1 aromatic rings. The second-order valence-corrected chi connectivity index (χ2v) is 5.38. The van der Waals surface area contributed by atoms with Gasteiger partial charge in [0, 0.05) is 19.6 Å². The fourth-order valence-corrected chi connectivity index (χ4v) is 2.39. The predicted molar refractivity (Wildman–Crippen MR) is 73.4 cm³/mol. The van der Waals surface area contributed by atoms with Crippen molar-refractivity contribution in [3.8, 4) is 0 Å². The number of rotatable bonds is 7. The first-order valence-corrected chi connectivity index (χ1v) is 6.78. The topological polar surface area (TPSA) is 62.7 Å². The third kappa shape index (κ3) is 3.81. The number of hydrogen-bond acceptors (Lipinski definition) is 4. The van der Waals surface area contributed by atoms with Gasteiger partial charge in [-0.3, -0.25) is 9.69 Å². The molecule has 0 aliphatic heterocycles. The smallest absolute Gasteiger partial charge is 0.236 e. The van der Waals surface area contributed by atoms with E-state index in [4.69, 9.17) is 10.2 Å². The minimum absolute atomic E-state index is 0.0954.